The van der Waals surface area contributed by atoms with Gasteiger partial charge in [-0.15, -0.1) is 12.4 Å². The van der Waals surface area contributed by atoms with E-state index in [1.165, 1.54) is 19.3 Å². The highest BCUT2D eigenvalue weighted by atomic mass is 35.5. The van der Waals surface area contributed by atoms with Gasteiger partial charge in [-0.05, 0) is 43.9 Å². The summed E-state index contributed by atoms with van der Waals surface area (Å²) >= 11 is 0. The summed E-state index contributed by atoms with van der Waals surface area (Å²) in [6.07, 6.45) is 7.31. The first-order valence-electron chi connectivity index (χ1n) is 6.78. The zero-order valence-electron chi connectivity index (χ0n) is 10.3. The minimum absolute atomic E-state index is 0. The standard InChI is InChI=1S/C13H22N2O.ClH/c14-11-2-1-5-15(8-11)13(16)12-7-9-3-4-10(12)6-9;/h9-12H,1-8,14H2;1H/t9?,10?,11-,12?;/m0./s1. The number of hydrogen-bond acceptors (Lipinski definition) is 2. The van der Waals surface area contributed by atoms with Crippen LogP contribution >= 0.6 is 12.4 Å². The predicted octanol–water partition coefficient (Wildman–Crippen LogP) is 1.79. The van der Waals surface area contributed by atoms with E-state index in [2.05, 4.69) is 0 Å². The Balaban J connectivity index is 0.00000108. The minimum atomic E-state index is 0. The van der Waals surface area contributed by atoms with Gasteiger partial charge in [0.15, 0.2) is 0 Å². The van der Waals surface area contributed by atoms with Crippen LogP contribution in [0.25, 0.3) is 0 Å². The molecule has 3 nitrogen and oxygen atoms in total. The van der Waals surface area contributed by atoms with E-state index in [1.807, 2.05) is 4.90 Å². The Labute approximate surface area is 110 Å². The normalized spacial score (nSPS) is 40.2. The van der Waals surface area contributed by atoms with E-state index in [4.69, 9.17) is 5.73 Å². The molecule has 2 aliphatic carbocycles. The van der Waals surface area contributed by atoms with E-state index in [0.29, 0.717) is 17.7 Å². The Morgan fingerprint density at radius 3 is 2.59 bits per heavy atom. The molecule has 3 aliphatic rings. The molecule has 0 radical (unpaired) electrons. The van der Waals surface area contributed by atoms with Gasteiger partial charge < -0.3 is 10.6 Å². The van der Waals surface area contributed by atoms with Gasteiger partial charge in [-0.25, -0.2) is 0 Å². The first-order valence-corrected chi connectivity index (χ1v) is 6.78. The molecule has 2 bridgehead atoms. The van der Waals surface area contributed by atoms with Gasteiger partial charge in [0.1, 0.15) is 0 Å². The van der Waals surface area contributed by atoms with Gasteiger partial charge in [0.2, 0.25) is 5.91 Å². The second-order valence-corrected chi connectivity index (χ2v) is 5.97. The average molecular weight is 259 g/mol. The smallest absolute Gasteiger partial charge is 0.226 e. The Hall–Kier alpha value is -0.280. The first-order chi connectivity index (χ1) is 7.74. The van der Waals surface area contributed by atoms with Crippen molar-refractivity contribution in [1.82, 2.24) is 4.90 Å². The monoisotopic (exact) mass is 258 g/mol. The number of likely N-dealkylation sites (tertiary alicyclic amines) is 1. The van der Waals surface area contributed by atoms with E-state index in [9.17, 15) is 4.79 Å². The van der Waals surface area contributed by atoms with Crippen molar-refractivity contribution in [2.24, 2.45) is 23.5 Å². The number of piperidine rings is 1. The van der Waals surface area contributed by atoms with Crippen LogP contribution in [0.2, 0.25) is 0 Å². The lowest BCUT2D eigenvalue weighted by atomic mass is 9.87. The van der Waals surface area contributed by atoms with Crippen molar-refractivity contribution in [1.29, 1.82) is 0 Å². The maximum Gasteiger partial charge on any atom is 0.226 e. The van der Waals surface area contributed by atoms with E-state index in [-0.39, 0.29) is 18.4 Å². The molecule has 4 atom stereocenters. The molecule has 0 aromatic heterocycles. The highest BCUT2D eigenvalue weighted by Gasteiger charge is 2.44. The molecule has 4 heteroatoms. The summed E-state index contributed by atoms with van der Waals surface area (Å²) in [5.41, 5.74) is 5.94. The summed E-state index contributed by atoms with van der Waals surface area (Å²) in [5, 5.41) is 0. The fraction of sp³-hybridized carbons (Fsp3) is 0.923. The molecule has 1 aliphatic heterocycles. The largest absolute Gasteiger partial charge is 0.341 e. The van der Waals surface area contributed by atoms with Crippen LogP contribution in [0.1, 0.15) is 38.5 Å². The molecule has 2 saturated carbocycles. The predicted molar refractivity (Wildman–Crippen MR) is 70.0 cm³/mol. The molecule has 0 spiro atoms. The lowest BCUT2D eigenvalue weighted by molar-refractivity contribution is -0.138. The molecule has 17 heavy (non-hydrogen) atoms. The fourth-order valence-corrected chi connectivity index (χ4v) is 3.99. The van der Waals surface area contributed by atoms with Crippen molar-refractivity contribution in [3.63, 3.8) is 0 Å². The lowest BCUT2D eigenvalue weighted by Gasteiger charge is -2.34. The van der Waals surface area contributed by atoms with Gasteiger partial charge in [0, 0.05) is 25.0 Å². The molecule has 1 amide bonds. The number of nitrogens with two attached hydrogens (primary N) is 1. The number of carbonyl (C=O) groups is 1. The number of nitrogens with zero attached hydrogens (tertiary/aromatic N) is 1. The summed E-state index contributed by atoms with van der Waals surface area (Å²) in [6, 6.07) is 0.219. The Bertz CT molecular complexity index is 297. The van der Waals surface area contributed by atoms with Gasteiger partial charge in [-0.3, -0.25) is 4.79 Å². The van der Waals surface area contributed by atoms with Crippen molar-refractivity contribution in [2.45, 2.75) is 44.6 Å². The van der Waals surface area contributed by atoms with Crippen LogP contribution in [0, 0.1) is 17.8 Å². The highest BCUT2D eigenvalue weighted by Crippen LogP contribution is 2.48. The second-order valence-electron chi connectivity index (χ2n) is 5.97. The number of fused-ring (bicyclic) bond motifs is 2. The molecular formula is C13H23ClN2O. The minimum Gasteiger partial charge on any atom is -0.341 e. The van der Waals surface area contributed by atoms with Crippen LogP contribution in [0.3, 0.4) is 0 Å². The Morgan fingerprint density at radius 2 is 2.00 bits per heavy atom. The summed E-state index contributed by atoms with van der Waals surface area (Å²) in [5.74, 6) is 2.33. The lowest BCUT2D eigenvalue weighted by Crippen LogP contribution is -2.48. The molecule has 2 N–H and O–H groups in total. The van der Waals surface area contributed by atoms with Gasteiger partial charge in [0.25, 0.3) is 0 Å². The van der Waals surface area contributed by atoms with Crippen LogP contribution in [-0.4, -0.2) is 29.9 Å². The number of amides is 1. The van der Waals surface area contributed by atoms with Crippen molar-refractivity contribution < 1.29 is 4.79 Å². The van der Waals surface area contributed by atoms with Crippen molar-refractivity contribution in [2.75, 3.05) is 13.1 Å². The Kier molecular flexibility index (Phi) is 3.99. The van der Waals surface area contributed by atoms with Crippen LogP contribution in [0.5, 0.6) is 0 Å². The van der Waals surface area contributed by atoms with Crippen molar-refractivity contribution in [3.05, 3.63) is 0 Å². The zero-order chi connectivity index (χ0) is 11.1. The number of rotatable bonds is 1. The quantitative estimate of drug-likeness (QED) is 0.780. The third-order valence-electron chi connectivity index (χ3n) is 4.82. The highest BCUT2D eigenvalue weighted by molar-refractivity contribution is 5.85. The van der Waals surface area contributed by atoms with Gasteiger partial charge in [0.05, 0.1) is 0 Å². The van der Waals surface area contributed by atoms with Gasteiger partial charge in [-0.2, -0.15) is 0 Å². The first kappa shape index (κ1) is 13.2. The average Bonchev–Trinajstić information content (AvgIpc) is 2.89. The maximum absolute atomic E-state index is 12.4. The van der Waals surface area contributed by atoms with Crippen LogP contribution < -0.4 is 5.73 Å². The molecule has 3 unspecified atom stereocenters. The summed E-state index contributed by atoms with van der Waals surface area (Å²) < 4.78 is 0. The summed E-state index contributed by atoms with van der Waals surface area (Å²) in [7, 11) is 0. The van der Waals surface area contributed by atoms with Crippen molar-refractivity contribution >= 4 is 18.3 Å². The molecule has 3 fully saturated rings. The molecule has 1 heterocycles. The van der Waals surface area contributed by atoms with Gasteiger partial charge >= 0.3 is 0 Å². The zero-order valence-corrected chi connectivity index (χ0v) is 11.1. The third-order valence-corrected chi connectivity index (χ3v) is 4.82. The van der Waals surface area contributed by atoms with Crippen molar-refractivity contribution in [3.8, 4) is 0 Å². The summed E-state index contributed by atoms with van der Waals surface area (Å²) in [4.78, 5) is 14.4. The van der Waals surface area contributed by atoms with Crippen LogP contribution in [-0.2, 0) is 4.79 Å². The molecule has 0 aromatic rings. The van der Waals surface area contributed by atoms with Crippen LogP contribution in [0.4, 0.5) is 0 Å². The number of hydrogen-bond donors (Lipinski definition) is 1. The number of halogens is 1. The maximum atomic E-state index is 12.4. The van der Waals surface area contributed by atoms with E-state index in [1.54, 1.807) is 0 Å². The molecule has 1 saturated heterocycles. The molecule has 3 rings (SSSR count). The van der Waals surface area contributed by atoms with E-state index in [0.717, 1.165) is 38.3 Å². The van der Waals surface area contributed by atoms with Crippen LogP contribution in [0.15, 0.2) is 0 Å². The third kappa shape index (κ3) is 2.45. The molecule has 0 aromatic carbocycles. The number of carbonyl (C=O) groups excluding carboxylic acids is 1. The molecular weight excluding hydrogens is 236 g/mol. The second kappa shape index (κ2) is 5.15. The SMILES string of the molecule is Cl.N[C@H]1CCCN(C(=O)C2CC3CCC2C3)C1. The van der Waals surface area contributed by atoms with E-state index < -0.39 is 0 Å². The molecule has 98 valence electrons. The van der Waals surface area contributed by atoms with Gasteiger partial charge in [-0.1, -0.05) is 6.42 Å². The Morgan fingerprint density at radius 1 is 1.18 bits per heavy atom. The van der Waals surface area contributed by atoms with E-state index >= 15 is 0 Å². The summed E-state index contributed by atoms with van der Waals surface area (Å²) in [6.45, 7) is 1.74. The topological polar surface area (TPSA) is 46.3 Å². The fourth-order valence-electron chi connectivity index (χ4n) is 3.99.